The van der Waals surface area contributed by atoms with Crippen LogP contribution in [0, 0.1) is 5.92 Å². The Balaban J connectivity index is 3.63. The molecule has 0 rings (SSSR count). The molecule has 0 amide bonds. The SMILES string of the molecule is CCCNC(CC)(CO)CCCOCCOCC(C)C. The monoisotopic (exact) mass is 289 g/mol. The molecular formula is C16H35NO3. The Morgan fingerprint density at radius 2 is 1.80 bits per heavy atom. The molecule has 0 bridgehead atoms. The third kappa shape index (κ3) is 9.70. The average Bonchev–Trinajstić information content (AvgIpc) is 2.45. The molecule has 0 aliphatic heterocycles. The maximum atomic E-state index is 9.60. The maximum Gasteiger partial charge on any atom is 0.0700 e. The van der Waals surface area contributed by atoms with Gasteiger partial charge in [0.05, 0.1) is 19.8 Å². The Morgan fingerprint density at radius 1 is 1.10 bits per heavy atom. The molecular weight excluding hydrogens is 254 g/mol. The Labute approximate surface area is 125 Å². The van der Waals surface area contributed by atoms with Gasteiger partial charge < -0.3 is 19.9 Å². The molecule has 4 nitrogen and oxygen atoms in total. The molecule has 4 heteroatoms. The molecule has 0 saturated carbocycles. The van der Waals surface area contributed by atoms with Gasteiger partial charge in [-0.1, -0.05) is 27.7 Å². The standard InChI is InChI=1S/C16H35NO3/c1-5-9-17-16(6-2,14-18)8-7-10-19-11-12-20-13-15(3)4/h15,17-18H,5-14H2,1-4H3. The van der Waals surface area contributed by atoms with E-state index < -0.39 is 0 Å². The molecule has 0 fully saturated rings. The van der Waals surface area contributed by atoms with Crippen molar-refractivity contribution < 1.29 is 14.6 Å². The summed E-state index contributed by atoms with van der Waals surface area (Å²) < 4.78 is 11.0. The molecule has 0 spiro atoms. The van der Waals surface area contributed by atoms with Crippen LogP contribution in [0.4, 0.5) is 0 Å². The van der Waals surface area contributed by atoms with E-state index in [-0.39, 0.29) is 12.1 Å². The van der Waals surface area contributed by atoms with Crippen LogP contribution in [-0.4, -0.2) is 50.2 Å². The zero-order valence-electron chi connectivity index (χ0n) is 13.9. The van der Waals surface area contributed by atoms with Crippen LogP contribution in [0.25, 0.3) is 0 Å². The van der Waals surface area contributed by atoms with Gasteiger partial charge in [0.2, 0.25) is 0 Å². The van der Waals surface area contributed by atoms with Gasteiger partial charge in [0.1, 0.15) is 0 Å². The number of ether oxygens (including phenoxy) is 2. The minimum atomic E-state index is -0.131. The zero-order valence-corrected chi connectivity index (χ0v) is 13.9. The van der Waals surface area contributed by atoms with E-state index in [1.807, 2.05) is 0 Å². The van der Waals surface area contributed by atoms with E-state index in [4.69, 9.17) is 9.47 Å². The topological polar surface area (TPSA) is 50.7 Å². The van der Waals surface area contributed by atoms with Crippen molar-refractivity contribution in [3.63, 3.8) is 0 Å². The van der Waals surface area contributed by atoms with Gasteiger partial charge in [-0.2, -0.15) is 0 Å². The van der Waals surface area contributed by atoms with Crippen molar-refractivity contribution in [3.8, 4) is 0 Å². The van der Waals surface area contributed by atoms with Gasteiger partial charge in [0.25, 0.3) is 0 Å². The summed E-state index contributed by atoms with van der Waals surface area (Å²) in [7, 11) is 0. The predicted molar refractivity (Wildman–Crippen MR) is 84.1 cm³/mol. The highest BCUT2D eigenvalue weighted by Crippen LogP contribution is 2.17. The number of aliphatic hydroxyl groups excluding tert-OH is 1. The molecule has 122 valence electrons. The molecule has 0 saturated heterocycles. The minimum absolute atomic E-state index is 0.131. The highest BCUT2D eigenvalue weighted by molar-refractivity contribution is 4.85. The fourth-order valence-corrected chi connectivity index (χ4v) is 2.08. The molecule has 0 heterocycles. The molecule has 20 heavy (non-hydrogen) atoms. The molecule has 0 aromatic carbocycles. The molecule has 0 aromatic heterocycles. The van der Waals surface area contributed by atoms with Gasteiger partial charge in [-0.25, -0.2) is 0 Å². The largest absolute Gasteiger partial charge is 0.394 e. The van der Waals surface area contributed by atoms with Crippen molar-refractivity contribution >= 4 is 0 Å². The normalized spacial score (nSPS) is 14.7. The molecule has 0 aliphatic rings. The predicted octanol–water partition coefficient (Wildman–Crippen LogP) is 2.60. The van der Waals surface area contributed by atoms with Crippen molar-refractivity contribution in [2.75, 3.05) is 39.6 Å². The third-order valence-corrected chi connectivity index (χ3v) is 3.50. The molecule has 2 N–H and O–H groups in total. The molecule has 1 unspecified atom stereocenters. The van der Waals surface area contributed by atoms with E-state index in [9.17, 15) is 5.11 Å². The van der Waals surface area contributed by atoms with Crippen LogP contribution in [0.5, 0.6) is 0 Å². The van der Waals surface area contributed by atoms with Gasteiger partial charge in [-0.05, 0) is 38.1 Å². The molecule has 1 atom stereocenters. The van der Waals surface area contributed by atoms with E-state index in [2.05, 4.69) is 33.0 Å². The summed E-state index contributed by atoms with van der Waals surface area (Å²) in [5, 5.41) is 13.1. The van der Waals surface area contributed by atoms with Gasteiger partial charge in [0, 0.05) is 18.8 Å². The van der Waals surface area contributed by atoms with Crippen molar-refractivity contribution in [3.05, 3.63) is 0 Å². The fourth-order valence-electron chi connectivity index (χ4n) is 2.08. The third-order valence-electron chi connectivity index (χ3n) is 3.50. The second-order valence-electron chi connectivity index (χ2n) is 5.90. The first-order chi connectivity index (χ1) is 9.60. The summed E-state index contributed by atoms with van der Waals surface area (Å²) in [6, 6.07) is 0. The number of nitrogens with one attached hydrogen (secondary N) is 1. The minimum Gasteiger partial charge on any atom is -0.394 e. The first kappa shape index (κ1) is 19.8. The van der Waals surface area contributed by atoms with Crippen LogP contribution in [0.3, 0.4) is 0 Å². The molecule has 0 aromatic rings. The Morgan fingerprint density at radius 3 is 2.35 bits per heavy atom. The fraction of sp³-hybridized carbons (Fsp3) is 1.00. The number of aliphatic hydroxyl groups is 1. The quantitative estimate of drug-likeness (QED) is 0.483. The van der Waals surface area contributed by atoms with Crippen LogP contribution < -0.4 is 5.32 Å². The smallest absolute Gasteiger partial charge is 0.0700 e. The highest BCUT2D eigenvalue weighted by atomic mass is 16.5. The lowest BCUT2D eigenvalue weighted by Gasteiger charge is -2.32. The summed E-state index contributed by atoms with van der Waals surface area (Å²) in [6.07, 6.45) is 3.95. The summed E-state index contributed by atoms with van der Waals surface area (Å²) in [6.45, 7) is 12.6. The lowest BCUT2D eigenvalue weighted by atomic mass is 9.91. The van der Waals surface area contributed by atoms with Crippen LogP contribution >= 0.6 is 0 Å². The van der Waals surface area contributed by atoms with Crippen molar-refractivity contribution in [2.45, 2.75) is 58.9 Å². The molecule has 0 aliphatic carbocycles. The lowest BCUT2D eigenvalue weighted by molar-refractivity contribution is 0.0331. The van der Waals surface area contributed by atoms with Crippen molar-refractivity contribution in [1.29, 1.82) is 0 Å². The van der Waals surface area contributed by atoms with Gasteiger partial charge in [-0.15, -0.1) is 0 Å². The summed E-state index contributed by atoms with van der Waals surface area (Å²) >= 11 is 0. The second-order valence-corrected chi connectivity index (χ2v) is 5.90. The summed E-state index contributed by atoms with van der Waals surface area (Å²) in [5.41, 5.74) is -0.131. The van der Waals surface area contributed by atoms with Gasteiger partial charge >= 0.3 is 0 Å². The van der Waals surface area contributed by atoms with Crippen molar-refractivity contribution in [2.24, 2.45) is 5.92 Å². The number of hydrogen-bond donors (Lipinski definition) is 2. The Kier molecular flexibility index (Phi) is 12.5. The van der Waals surface area contributed by atoms with Crippen LogP contribution in [0.15, 0.2) is 0 Å². The van der Waals surface area contributed by atoms with Crippen LogP contribution in [0.2, 0.25) is 0 Å². The highest BCUT2D eigenvalue weighted by Gasteiger charge is 2.25. The summed E-state index contributed by atoms with van der Waals surface area (Å²) in [4.78, 5) is 0. The van der Waals surface area contributed by atoms with Gasteiger partial charge in [0.15, 0.2) is 0 Å². The van der Waals surface area contributed by atoms with E-state index >= 15 is 0 Å². The van der Waals surface area contributed by atoms with Crippen LogP contribution in [0.1, 0.15) is 53.4 Å². The number of rotatable bonds is 14. The van der Waals surface area contributed by atoms with Crippen LogP contribution in [-0.2, 0) is 9.47 Å². The Bertz CT molecular complexity index is 206. The average molecular weight is 289 g/mol. The Hall–Kier alpha value is -0.160. The van der Waals surface area contributed by atoms with E-state index in [1.165, 1.54) is 0 Å². The summed E-state index contributed by atoms with van der Waals surface area (Å²) in [5.74, 6) is 0.578. The van der Waals surface area contributed by atoms with E-state index in [0.29, 0.717) is 19.1 Å². The van der Waals surface area contributed by atoms with Gasteiger partial charge in [-0.3, -0.25) is 0 Å². The number of hydrogen-bond acceptors (Lipinski definition) is 4. The maximum absolute atomic E-state index is 9.60. The van der Waals surface area contributed by atoms with E-state index in [0.717, 1.165) is 45.4 Å². The molecule has 0 radical (unpaired) electrons. The first-order valence-electron chi connectivity index (χ1n) is 8.11. The van der Waals surface area contributed by atoms with E-state index in [1.54, 1.807) is 0 Å². The first-order valence-corrected chi connectivity index (χ1v) is 8.11. The second kappa shape index (κ2) is 12.6. The lowest BCUT2D eigenvalue weighted by Crippen LogP contribution is -2.48. The zero-order chi connectivity index (χ0) is 15.3. The van der Waals surface area contributed by atoms with Crippen molar-refractivity contribution in [1.82, 2.24) is 5.32 Å².